The first-order valence-corrected chi connectivity index (χ1v) is 5.95. The van der Waals surface area contributed by atoms with E-state index < -0.39 is 14.2 Å². The third-order valence-corrected chi connectivity index (χ3v) is 1.64. The van der Waals surface area contributed by atoms with Crippen molar-refractivity contribution in [2.75, 3.05) is 11.9 Å². The minimum Gasteiger partial charge on any atom is -0.480 e. The third kappa shape index (κ3) is 8.28. The Morgan fingerprint density at radius 2 is 1.78 bits per heavy atom. The maximum Gasteiger partial charge on any atom is 0.322 e. The summed E-state index contributed by atoms with van der Waals surface area (Å²) >= 11 is 0. The number of benzene rings is 1. The van der Waals surface area contributed by atoms with Gasteiger partial charge in [-0.15, -0.1) is 0 Å². The molecule has 0 unspecified atom stereocenters. The van der Waals surface area contributed by atoms with E-state index in [4.69, 9.17) is 30.6 Å². The standard InChI is InChI=1S/C9H11N3O2.H3O3P/c10-9(11)6-1-3-7(4-2-6)12-5-8(13)14;1-4(2)3/h1-4,12H,5H2,(H3,10,11)(H,13,14);4H,(H2,1,2,3). The number of nitrogen functional groups attached to an aromatic ring is 1. The summed E-state index contributed by atoms with van der Waals surface area (Å²) in [6, 6.07) is 6.68. The summed E-state index contributed by atoms with van der Waals surface area (Å²) in [6.07, 6.45) is 0. The summed E-state index contributed by atoms with van der Waals surface area (Å²) in [7, 11) is -3.13. The second-order valence-corrected chi connectivity index (χ2v) is 3.59. The van der Waals surface area contributed by atoms with Gasteiger partial charge in [0.2, 0.25) is 0 Å². The van der Waals surface area contributed by atoms with Crippen molar-refractivity contribution < 1.29 is 24.3 Å². The lowest BCUT2D eigenvalue weighted by Gasteiger charge is -2.03. The van der Waals surface area contributed by atoms with Gasteiger partial charge in [0, 0.05) is 11.3 Å². The van der Waals surface area contributed by atoms with Crippen molar-refractivity contribution in [2.24, 2.45) is 5.73 Å². The second kappa shape index (κ2) is 8.24. The summed E-state index contributed by atoms with van der Waals surface area (Å²) in [6.45, 7) is -0.126. The number of carbonyl (C=O) groups is 1. The van der Waals surface area contributed by atoms with E-state index in [1.807, 2.05) is 0 Å². The topological polar surface area (TPSA) is 157 Å². The predicted octanol–water partition coefficient (Wildman–Crippen LogP) is -0.172. The zero-order chi connectivity index (χ0) is 14.1. The fourth-order valence-electron chi connectivity index (χ4n) is 0.945. The van der Waals surface area contributed by atoms with Gasteiger partial charge in [-0.25, -0.2) is 0 Å². The molecule has 0 saturated carbocycles. The number of aliphatic carboxylic acids is 1. The van der Waals surface area contributed by atoms with Crippen LogP contribution in [0.2, 0.25) is 0 Å². The Balaban J connectivity index is 0.000000631. The molecule has 0 amide bonds. The number of hydrogen-bond acceptors (Lipinski definition) is 4. The molecule has 0 bridgehead atoms. The van der Waals surface area contributed by atoms with Crippen molar-refractivity contribution in [3.05, 3.63) is 29.8 Å². The Hall–Kier alpha value is -1.89. The van der Waals surface area contributed by atoms with Gasteiger partial charge < -0.3 is 25.9 Å². The van der Waals surface area contributed by atoms with Crippen LogP contribution in [0.3, 0.4) is 0 Å². The van der Waals surface area contributed by atoms with E-state index in [0.717, 1.165) is 0 Å². The molecule has 8 nitrogen and oxygen atoms in total. The highest BCUT2D eigenvalue weighted by molar-refractivity contribution is 7.30. The monoisotopic (exact) mass is 275 g/mol. The molecule has 7 N–H and O–H groups in total. The number of anilines is 1. The number of rotatable bonds is 4. The predicted molar refractivity (Wildman–Crippen MR) is 67.0 cm³/mol. The summed E-state index contributed by atoms with van der Waals surface area (Å²) in [4.78, 5) is 24.5. The first-order chi connectivity index (χ1) is 8.32. The van der Waals surface area contributed by atoms with Crippen molar-refractivity contribution in [1.29, 1.82) is 5.41 Å². The summed E-state index contributed by atoms with van der Waals surface area (Å²) in [5, 5.41) is 18.2. The molecule has 18 heavy (non-hydrogen) atoms. The van der Waals surface area contributed by atoms with Crippen molar-refractivity contribution in [3.8, 4) is 0 Å². The maximum absolute atomic E-state index is 10.2. The Morgan fingerprint density at radius 1 is 1.33 bits per heavy atom. The quantitative estimate of drug-likeness (QED) is 0.253. The molecule has 1 aromatic carbocycles. The number of amidine groups is 1. The normalized spacial score (nSPS) is 9.28. The number of carboxylic acids is 1. The Bertz CT molecular complexity index is 430. The highest BCUT2D eigenvalue weighted by atomic mass is 31.1. The number of hydrogen-bond donors (Lipinski definition) is 6. The first-order valence-electron chi connectivity index (χ1n) is 4.65. The summed E-state index contributed by atoms with van der Waals surface area (Å²) < 4.78 is 8.74. The van der Waals surface area contributed by atoms with Crippen molar-refractivity contribution in [1.82, 2.24) is 0 Å². The molecule has 1 aromatic rings. The Labute approximate surface area is 104 Å². The van der Waals surface area contributed by atoms with Crippen LogP contribution in [0, 0.1) is 5.41 Å². The van der Waals surface area contributed by atoms with E-state index >= 15 is 0 Å². The molecule has 0 heterocycles. The number of nitrogens with two attached hydrogens (primary N) is 1. The smallest absolute Gasteiger partial charge is 0.322 e. The van der Waals surface area contributed by atoms with Gasteiger partial charge in [-0.3, -0.25) is 14.8 Å². The molecule has 0 aliphatic carbocycles. The van der Waals surface area contributed by atoms with Crippen LogP contribution >= 0.6 is 8.25 Å². The third-order valence-electron chi connectivity index (χ3n) is 1.64. The van der Waals surface area contributed by atoms with Gasteiger partial charge in [0.25, 0.3) is 0 Å². The molecule has 0 fully saturated rings. The van der Waals surface area contributed by atoms with Gasteiger partial charge in [0.05, 0.1) is 0 Å². The van der Waals surface area contributed by atoms with E-state index in [0.29, 0.717) is 11.3 Å². The Kier molecular flexibility index (Phi) is 7.37. The molecule has 0 atom stereocenters. The maximum atomic E-state index is 10.2. The molecule has 0 spiro atoms. The fourth-order valence-corrected chi connectivity index (χ4v) is 0.945. The molecule has 0 aliphatic heterocycles. The van der Waals surface area contributed by atoms with Crippen LogP contribution in [-0.4, -0.2) is 33.2 Å². The van der Waals surface area contributed by atoms with Crippen LogP contribution in [0.15, 0.2) is 24.3 Å². The highest BCUT2D eigenvalue weighted by Crippen LogP contribution is 2.08. The van der Waals surface area contributed by atoms with Crippen molar-refractivity contribution in [3.63, 3.8) is 0 Å². The van der Waals surface area contributed by atoms with Gasteiger partial charge in [-0.2, -0.15) is 0 Å². The SMILES string of the molecule is N=C(N)c1ccc(NCC(=O)O)cc1.O=[PH](O)O. The number of nitrogens with one attached hydrogen (secondary N) is 2. The van der Waals surface area contributed by atoms with Crippen LogP contribution in [0.1, 0.15) is 5.56 Å². The van der Waals surface area contributed by atoms with Gasteiger partial charge in [-0.05, 0) is 24.3 Å². The van der Waals surface area contributed by atoms with E-state index in [-0.39, 0.29) is 12.4 Å². The molecule has 9 heteroatoms. The average Bonchev–Trinajstić information content (AvgIpc) is 2.26. The molecule has 0 aromatic heterocycles. The van der Waals surface area contributed by atoms with Crippen LogP contribution in [-0.2, 0) is 9.36 Å². The molecule has 0 radical (unpaired) electrons. The molecular weight excluding hydrogens is 261 g/mol. The molecule has 0 saturated heterocycles. The van der Waals surface area contributed by atoms with E-state index in [9.17, 15) is 4.79 Å². The van der Waals surface area contributed by atoms with Gasteiger partial charge in [-0.1, -0.05) is 0 Å². The van der Waals surface area contributed by atoms with Crippen LogP contribution < -0.4 is 11.1 Å². The minimum atomic E-state index is -3.13. The summed E-state index contributed by atoms with van der Waals surface area (Å²) in [5.74, 6) is -0.921. The zero-order valence-corrected chi connectivity index (χ0v) is 10.3. The van der Waals surface area contributed by atoms with Crippen molar-refractivity contribution >= 4 is 25.7 Å². The molecule has 100 valence electrons. The zero-order valence-electron chi connectivity index (χ0n) is 9.25. The fraction of sp³-hybridized carbons (Fsp3) is 0.111. The number of carboxylic acid groups (broad SMARTS) is 1. The van der Waals surface area contributed by atoms with Gasteiger partial charge >= 0.3 is 14.2 Å². The summed E-state index contributed by atoms with van der Waals surface area (Å²) in [5.41, 5.74) is 6.56. The molecule has 1 rings (SSSR count). The first kappa shape index (κ1) is 16.1. The van der Waals surface area contributed by atoms with E-state index in [1.54, 1.807) is 24.3 Å². The lowest BCUT2D eigenvalue weighted by molar-refractivity contribution is -0.134. The lowest BCUT2D eigenvalue weighted by Crippen LogP contribution is -2.13. The van der Waals surface area contributed by atoms with Crippen LogP contribution in [0.5, 0.6) is 0 Å². The van der Waals surface area contributed by atoms with E-state index in [2.05, 4.69) is 5.32 Å². The molecule has 0 aliphatic rings. The van der Waals surface area contributed by atoms with E-state index in [1.165, 1.54) is 0 Å². The highest BCUT2D eigenvalue weighted by Gasteiger charge is 1.98. The lowest BCUT2D eigenvalue weighted by atomic mass is 10.2. The van der Waals surface area contributed by atoms with Crippen LogP contribution in [0.25, 0.3) is 0 Å². The van der Waals surface area contributed by atoms with Gasteiger partial charge in [0.15, 0.2) is 0 Å². The minimum absolute atomic E-state index is 0.00483. The molecular formula is C9H14N3O5P. The van der Waals surface area contributed by atoms with Gasteiger partial charge in [0.1, 0.15) is 12.4 Å². The van der Waals surface area contributed by atoms with Crippen molar-refractivity contribution in [2.45, 2.75) is 0 Å². The largest absolute Gasteiger partial charge is 0.480 e. The second-order valence-electron chi connectivity index (χ2n) is 3.02. The average molecular weight is 275 g/mol. The van der Waals surface area contributed by atoms with Crippen LogP contribution in [0.4, 0.5) is 5.69 Å². The Morgan fingerprint density at radius 3 is 2.11 bits per heavy atom.